The molecule has 0 saturated carbocycles. The summed E-state index contributed by atoms with van der Waals surface area (Å²) in [6.07, 6.45) is 0. The number of ether oxygens (including phenoxy) is 3. The van der Waals surface area contributed by atoms with Crippen LogP contribution in [0.25, 0.3) is 0 Å². The average molecular weight is 314 g/mol. The van der Waals surface area contributed by atoms with Crippen molar-refractivity contribution in [2.45, 2.75) is 6.92 Å². The van der Waals surface area contributed by atoms with Gasteiger partial charge >= 0.3 is 5.97 Å². The summed E-state index contributed by atoms with van der Waals surface area (Å²) in [5, 5.41) is 0.306. The van der Waals surface area contributed by atoms with E-state index in [0.717, 1.165) is 0 Å². The van der Waals surface area contributed by atoms with E-state index in [1.165, 1.54) is 18.0 Å². The van der Waals surface area contributed by atoms with Gasteiger partial charge in [-0.3, -0.25) is 9.59 Å². The molecule has 0 unspecified atom stereocenters. The topological polar surface area (TPSA) is 65.1 Å². The van der Waals surface area contributed by atoms with Crippen molar-refractivity contribution in [3.63, 3.8) is 0 Å². The standard InChI is InChI=1S/C14H16ClNO5/c1-3-19-12(17)8-16(2)14(18)9-6-10(15)13-11(7-9)20-4-5-21-13/h6-7H,3-5,8H2,1-2H3. The second kappa shape index (κ2) is 6.67. The molecule has 1 aromatic carbocycles. The monoisotopic (exact) mass is 313 g/mol. The molecule has 0 atom stereocenters. The minimum absolute atomic E-state index is 0.126. The minimum Gasteiger partial charge on any atom is -0.486 e. The quantitative estimate of drug-likeness (QED) is 0.792. The predicted molar refractivity (Wildman–Crippen MR) is 76.0 cm³/mol. The first kappa shape index (κ1) is 15.4. The molecule has 1 aromatic rings. The van der Waals surface area contributed by atoms with E-state index in [1.807, 2.05) is 0 Å². The first-order valence-electron chi connectivity index (χ1n) is 6.53. The Bertz CT molecular complexity index is 561. The molecule has 0 radical (unpaired) electrons. The van der Waals surface area contributed by atoms with Gasteiger partial charge in [-0.25, -0.2) is 0 Å². The molecule has 0 aromatic heterocycles. The summed E-state index contributed by atoms with van der Waals surface area (Å²) >= 11 is 6.08. The van der Waals surface area contributed by atoms with Crippen molar-refractivity contribution in [1.29, 1.82) is 0 Å². The number of fused-ring (bicyclic) bond motifs is 1. The Morgan fingerprint density at radius 2 is 2.05 bits per heavy atom. The van der Waals surface area contributed by atoms with E-state index in [-0.39, 0.29) is 19.1 Å². The fraction of sp³-hybridized carbons (Fsp3) is 0.429. The number of halogens is 1. The number of amides is 1. The average Bonchev–Trinajstić information content (AvgIpc) is 2.46. The van der Waals surface area contributed by atoms with E-state index in [2.05, 4.69) is 0 Å². The van der Waals surface area contributed by atoms with Gasteiger partial charge in [-0.2, -0.15) is 0 Å². The van der Waals surface area contributed by atoms with Crippen LogP contribution in [0.4, 0.5) is 0 Å². The highest BCUT2D eigenvalue weighted by molar-refractivity contribution is 6.32. The van der Waals surface area contributed by atoms with E-state index in [9.17, 15) is 9.59 Å². The second-order valence-corrected chi connectivity index (χ2v) is 4.86. The maximum atomic E-state index is 12.3. The van der Waals surface area contributed by atoms with Crippen molar-refractivity contribution >= 4 is 23.5 Å². The molecule has 0 aliphatic carbocycles. The Morgan fingerprint density at radius 3 is 2.76 bits per heavy atom. The summed E-state index contributed by atoms with van der Waals surface area (Å²) in [6, 6.07) is 3.06. The highest BCUT2D eigenvalue weighted by atomic mass is 35.5. The van der Waals surface area contributed by atoms with Crippen LogP contribution in [0.2, 0.25) is 5.02 Å². The molecule has 21 heavy (non-hydrogen) atoms. The molecule has 0 fully saturated rings. The summed E-state index contributed by atoms with van der Waals surface area (Å²) in [5.74, 6) is 0.0630. The normalized spacial score (nSPS) is 12.7. The smallest absolute Gasteiger partial charge is 0.325 e. The summed E-state index contributed by atoms with van der Waals surface area (Å²) in [5.41, 5.74) is 0.330. The first-order chi connectivity index (χ1) is 10.0. The summed E-state index contributed by atoms with van der Waals surface area (Å²) in [7, 11) is 1.52. The van der Waals surface area contributed by atoms with Crippen LogP contribution >= 0.6 is 11.6 Å². The molecule has 114 valence electrons. The van der Waals surface area contributed by atoms with E-state index < -0.39 is 5.97 Å². The fourth-order valence-electron chi connectivity index (χ4n) is 1.93. The Hall–Kier alpha value is -1.95. The molecule has 0 spiro atoms. The SMILES string of the molecule is CCOC(=O)CN(C)C(=O)c1cc(Cl)c2c(c1)OCCO2. The Labute approximate surface area is 127 Å². The zero-order valence-electron chi connectivity index (χ0n) is 11.8. The molecule has 0 bridgehead atoms. The van der Waals surface area contributed by atoms with Crippen LogP contribution in [0.5, 0.6) is 11.5 Å². The van der Waals surface area contributed by atoms with Crippen molar-refractivity contribution in [3.8, 4) is 11.5 Å². The van der Waals surface area contributed by atoms with Crippen molar-refractivity contribution in [1.82, 2.24) is 4.90 Å². The third kappa shape index (κ3) is 3.58. The molecule has 1 aliphatic rings. The Morgan fingerprint density at radius 1 is 1.33 bits per heavy atom. The summed E-state index contributed by atoms with van der Waals surface area (Å²) in [6.45, 7) is 2.68. The number of likely N-dealkylation sites (N-methyl/N-ethyl adjacent to an activating group) is 1. The second-order valence-electron chi connectivity index (χ2n) is 4.45. The molecule has 1 aliphatic heterocycles. The molecular weight excluding hydrogens is 298 g/mol. The number of carbonyl (C=O) groups excluding carboxylic acids is 2. The Kier molecular flexibility index (Phi) is 4.90. The van der Waals surface area contributed by atoms with E-state index >= 15 is 0 Å². The van der Waals surface area contributed by atoms with Gasteiger partial charge in [0.05, 0.1) is 11.6 Å². The number of benzene rings is 1. The van der Waals surface area contributed by atoms with Crippen molar-refractivity contribution in [2.75, 3.05) is 33.4 Å². The van der Waals surface area contributed by atoms with Crippen LogP contribution in [0.3, 0.4) is 0 Å². The van der Waals surface area contributed by atoms with Gasteiger partial charge < -0.3 is 19.1 Å². The molecule has 1 amide bonds. The van der Waals surface area contributed by atoms with Crippen LogP contribution in [-0.4, -0.2) is 50.2 Å². The third-order valence-corrected chi connectivity index (χ3v) is 3.14. The third-order valence-electron chi connectivity index (χ3n) is 2.86. The minimum atomic E-state index is -0.461. The lowest BCUT2D eigenvalue weighted by atomic mass is 10.1. The molecule has 6 nitrogen and oxygen atoms in total. The lowest BCUT2D eigenvalue weighted by Gasteiger charge is -2.21. The highest BCUT2D eigenvalue weighted by Crippen LogP contribution is 2.38. The van der Waals surface area contributed by atoms with Gasteiger partial charge in [0.25, 0.3) is 5.91 Å². The van der Waals surface area contributed by atoms with Crippen LogP contribution < -0.4 is 9.47 Å². The van der Waals surface area contributed by atoms with Gasteiger partial charge in [-0.15, -0.1) is 0 Å². The maximum absolute atomic E-state index is 12.3. The van der Waals surface area contributed by atoms with Gasteiger partial charge in [0.2, 0.25) is 0 Å². The van der Waals surface area contributed by atoms with Crippen molar-refractivity contribution in [2.24, 2.45) is 0 Å². The molecule has 2 rings (SSSR count). The lowest BCUT2D eigenvalue weighted by Crippen LogP contribution is -2.33. The molecule has 0 N–H and O–H groups in total. The van der Waals surface area contributed by atoms with Crippen LogP contribution in [0.15, 0.2) is 12.1 Å². The predicted octanol–water partition coefficient (Wildman–Crippen LogP) is 1.75. The fourth-order valence-corrected chi connectivity index (χ4v) is 2.19. The largest absolute Gasteiger partial charge is 0.486 e. The lowest BCUT2D eigenvalue weighted by molar-refractivity contribution is -0.143. The van der Waals surface area contributed by atoms with Gasteiger partial charge in [0.15, 0.2) is 11.5 Å². The van der Waals surface area contributed by atoms with Gasteiger partial charge in [-0.1, -0.05) is 11.6 Å². The number of esters is 1. The molecule has 7 heteroatoms. The zero-order chi connectivity index (χ0) is 15.4. The molecule has 0 saturated heterocycles. The summed E-state index contributed by atoms with van der Waals surface area (Å²) in [4.78, 5) is 25.0. The number of hydrogen-bond donors (Lipinski definition) is 0. The number of hydrogen-bond acceptors (Lipinski definition) is 5. The van der Waals surface area contributed by atoms with Crippen molar-refractivity contribution < 1.29 is 23.8 Å². The van der Waals surface area contributed by atoms with Crippen LogP contribution in [0.1, 0.15) is 17.3 Å². The zero-order valence-corrected chi connectivity index (χ0v) is 12.6. The van der Waals surface area contributed by atoms with E-state index in [4.69, 9.17) is 25.8 Å². The number of nitrogens with zero attached hydrogens (tertiary/aromatic N) is 1. The maximum Gasteiger partial charge on any atom is 0.325 e. The van der Waals surface area contributed by atoms with Crippen molar-refractivity contribution in [3.05, 3.63) is 22.7 Å². The summed E-state index contributed by atoms with van der Waals surface area (Å²) < 4.78 is 15.6. The van der Waals surface area contributed by atoms with Gasteiger partial charge in [0, 0.05) is 12.6 Å². The molecular formula is C14H16ClNO5. The highest BCUT2D eigenvalue weighted by Gasteiger charge is 2.22. The number of carbonyl (C=O) groups is 2. The van der Waals surface area contributed by atoms with E-state index in [1.54, 1.807) is 13.0 Å². The van der Waals surface area contributed by atoms with Crippen LogP contribution in [-0.2, 0) is 9.53 Å². The van der Waals surface area contributed by atoms with E-state index in [0.29, 0.717) is 35.3 Å². The Balaban J connectivity index is 2.15. The van der Waals surface area contributed by atoms with Crippen LogP contribution in [0, 0.1) is 0 Å². The molecule has 1 heterocycles. The van der Waals surface area contributed by atoms with Gasteiger partial charge in [0.1, 0.15) is 19.8 Å². The first-order valence-corrected chi connectivity index (χ1v) is 6.91. The number of rotatable bonds is 4. The van der Waals surface area contributed by atoms with Gasteiger partial charge in [-0.05, 0) is 19.1 Å².